The number of amides is 3. The first-order valence-corrected chi connectivity index (χ1v) is 16.2. The maximum Gasteiger partial charge on any atom is 0.471 e. The molecule has 0 aromatic heterocycles. The fraction of sp³-hybridized carbons (Fsp3) is 0.500. The molecule has 0 aliphatic rings. The van der Waals surface area contributed by atoms with Gasteiger partial charge >= 0.3 is 36.0 Å². The Morgan fingerprint density at radius 2 is 1.02 bits per heavy atom. The summed E-state index contributed by atoms with van der Waals surface area (Å²) in [5.74, 6) is -6.33. The van der Waals surface area contributed by atoms with Crippen LogP contribution in [0.5, 0.6) is 0 Å². The summed E-state index contributed by atoms with van der Waals surface area (Å²) in [4.78, 5) is 82.9. The minimum atomic E-state index is -5.24. The van der Waals surface area contributed by atoms with E-state index in [0.717, 1.165) is 27.7 Å². The number of anilines is 1. The molecule has 0 fully saturated rings. The third kappa shape index (κ3) is 14.9. The average molecular weight is 997 g/mol. The van der Waals surface area contributed by atoms with Crippen LogP contribution >= 0.6 is 67.8 Å². The van der Waals surface area contributed by atoms with Gasteiger partial charge in [0, 0.05) is 38.4 Å². The van der Waals surface area contributed by atoms with Gasteiger partial charge in [0.05, 0.1) is 31.6 Å². The number of nitrogens with one attached hydrogen (secondary N) is 3. The summed E-state index contributed by atoms with van der Waals surface area (Å²) in [6.07, 6.45) is -8.18. The van der Waals surface area contributed by atoms with Crippen molar-refractivity contribution < 1.29 is 65.7 Å². The van der Waals surface area contributed by atoms with E-state index in [2.05, 4.69) is 10.6 Å². The number of alkyl halides is 3. The topological polar surface area (TPSA) is 192 Å². The fourth-order valence-corrected chi connectivity index (χ4v) is 7.64. The highest BCUT2D eigenvalue weighted by atomic mass is 127. The Hall–Kier alpha value is -2.51. The molecule has 1 rings (SSSR count). The van der Waals surface area contributed by atoms with E-state index in [0.29, 0.717) is 3.57 Å². The van der Waals surface area contributed by atoms with Crippen LogP contribution in [0.4, 0.5) is 18.9 Å². The van der Waals surface area contributed by atoms with Gasteiger partial charge in [-0.05, 0) is 78.9 Å². The van der Waals surface area contributed by atoms with Crippen LogP contribution in [0, 0.1) is 10.7 Å². The second-order valence-electron chi connectivity index (χ2n) is 9.26. The summed E-state index contributed by atoms with van der Waals surface area (Å²) in [5, 5.41) is 6.82. The van der Waals surface area contributed by atoms with Crippen molar-refractivity contribution in [2.24, 2.45) is 0 Å². The van der Waals surface area contributed by atoms with Crippen molar-refractivity contribution in [3.8, 4) is 0 Å². The molecule has 0 bridgehead atoms. The Morgan fingerprint density at radius 3 is 1.33 bits per heavy atom. The van der Waals surface area contributed by atoms with Crippen molar-refractivity contribution >= 4 is 115 Å². The van der Waals surface area contributed by atoms with Gasteiger partial charge in [0.15, 0.2) is 12.2 Å². The van der Waals surface area contributed by atoms with E-state index in [1.54, 1.807) is 45.2 Å². The van der Waals surface area contributed by atoms with Crippen molar-refractivity contribution in [1.82, 2.24) is 10.6 Å². The minimum Gasteiger partial charge on any atom is -0.462 e. The molecule has 0 saturated heterocycles. The molecule has 0 aliphatic carbocycles. The normalized spacial score (nSPS) is 12.2. The predicted octanol–water partition coefficient (Wildman–Crippen LogP) is 2.31. The summed E-state index contributed by atoms with van der Waals surface area (Å²) in [5.41, 5.74) is 0.0713. The van der Waals surface area contributed by atoms with Gasteiger partial charge < -0.3 is 34.9 Å². The van der Waals surface area contributed by atoms with Gasteiger partial charge in [0.1, 0.15) is 13.2 Å². The zero-order valence-corrected chi connectivity index (χ0v) is 31.1. The highest BCUT2D eigenvalue weighted by Crippen LogP contribution is 2.37. The smallest absolute Gasteiger partial charge is 0.462 e. The van der Waals surface area contributed by atoms with Crippen molar-refractivity contribution in [3.05, 3.63) is 21.8 Å². The molecule has 0 heterocycles. The minimum absolute atomic E-state index is 0.0936. The molecular weight excluding hydrogens is 968 g/mol. The SMILES string of the molecule is CC(=O)OCC(CNC(=O)Cc1c(I)c(CC(=O)NCC(COC(C)=O)OC(C)=O)c(I)c(NC(=O)C(F)(F)F)c1I)OC(C)=O. The molecule has 2 unspecified atom stereocenters. The highest BCUT2D eigenvalue weighted by Gasteiger charge is 2.40. The lowest BCUT2D eigenvalue weighted by Gasteiger charge is -2.21. The monoisotopic (exact) mass is 997 g/mol. The van der Waals surface area contributed by atoms with Gasteiger partial charge in [0.25, 0.3) is 0 Å². The second kappa shape index (κ2) is 19.3. The molecule has 46 heavy (non-hydrogen) atoms. The summed E-state index contributed by atoms with van der Waals surface area (Å²) < 4.78 is 59.8. The molecule has 14 nitrogen and oxygen atoms in total. The van der Waals surface area contributed by atoms with Crippen LogP contribution < -0.4 is 16.0 Å². The summed E-state index contributed by atoms with van der Waals surface area (Å²) >= 11 is 5.18. The van der Waals surface area contributed by atoms with Crippen LogP contribution in [-0.2, 0) is 65.4 Å². The molecule has 1 aromatic rings. The Bertz CT molecular complexity index is 1280. The zero-order chi connectivity index (χ0) is 35.4. The summed E-state index contributed by atoms with van der Waals surface area (Å²) in [6, 6.07) is 0. The lowest BCUT2D eigenvalue weighted by molar-refractivity contribution is -0.167. The first-order valence-electron chi connectivity index (χ1n) is 12.9. The maximum absolute atomic E-state index is 13.2. The lowest BCUT2D eigenvalue weighted by Crippen LogP contribution is -2.39. The number of carbonyl (C=O) groups is 7. The van der Waals surface area contributed by atoms with Crippen LogP contribution in [0.3, 0.4) is 0 Å². The Balaban J connectivity index is 3.35. The Labute approximate surface area is 301 Å². The number of ether oxygens (including phenoxy) is 4. The number of hydrogen-bond acceptors (Lipinski definition) is 11. The maximum atomic E-state index is 13.2. The summed E-state index contributed by atoms with van der Waals surface area (Å²) in [6.45, 7) is 3.27. The highest BCUT2D eigenvalue weighted by molar-refractivity contribution is 14.1. The number of benzene rings is 1. The standard InChI is InChI=1S/C26H29F3I3N3O11/c1-11(36)43-9-15(45-13(3)38)7-33-19(40)5-17-21(30)18(23(32)24(22(17)31)35-25(42)26(27,28)29)6-20(41)34-8-16(46-14(4)39)10-44-12(2)37/h15-16H,5-10H2,1-4H3,(H,33,40)(H,34,41)(H,35,42). The molecule has 0 aliphatic heterocycles. The Morgan fingerprint density at radius 1 is 0.652 bits per heavy atom. The van der Waals surface area contributed by atoms with Gasteiger partial charge in [-0.3, -0.25) is 33.6 Å². The quantitative estimate of drug-likeness (QED) is 0.133. The van der Waals surface area contributed by atoms with Gasteiger partial charge in [0.2, 0.25) is 11.8 Å². The van der Waals surface area contributed by atoms with Crippen LogP contribution in [-0.4, -0.2) is 86.3 Å². The van der Waals surface area contributed by atoms with Crippen LogP contribution in [0.15, 0.2) is 0 Å². The first-order chi connectivity index (χ1) is 21.2. The largest absolute Gasteiger partial charge is 0.471 e. The molecular formula is C26H29F3I3N3O11. The molecule has 0 spiro atoms. The number of carbonyl (C=O) groups excluding carboxylic acids is 7. The van der Waals surface area contributed by atoms with Gasteiger partial charge in [-0.2, -0.15) is 13.2 Å². The van der Waals surface area contributed by atoms with Crippen molar-refractivity contribution in [2.45, 2.75) is 58.9 Å². The second-order valence-corrected chi connectivity index (χ2v) is 12.5. The third-order valence-electron chi connectivity index (χ3n) is 5.33. The van der Waals surface area contributed by atoms with E-state index < -0.39 is 72.8 Å². The van der Waals surface area contributed by atoms with Crippen molar-refractivity contribution in [3.63, 3.8) is 0 Å². The van der Waals surface area contributed by atoms with Crippen LogP contribution in [0.2, 0.25) is 0 Å². The average Bonchev–Trinajstić information content (AvgIpc) is 2.93. The van der Waals surface area contributed by atoms with E-state index in [9.17, 15) is 46.7 Å². The molecule has 256 valence electrons. The predicted molar refractivity (Wildman–Crippen MR) is 177 cm³/mol. The first kappa shape index (κ1) is 41.5. The van der Waals surface area contributed by atoms with E-state index in [-0.39, 0.29) is 50.3 Å². The number of esters is 4. The van der Waals surface area contributed by atoms with E-state index >= 15 is 0 Å². The van der Waals surface area contributed by atoms with E-state index in [1.165, 1.54) is 0 Å². The lowest BCUT2D eigenvalue weighted by atomic mass is 10.0. The molecule has 2 atom stereocenters. The molecule has 1 aromatic carbocycles. The molecule has 3 N–H and O–H groups in total. The van der Waals surface area contributed by atoms with Crippen LogP contribution in [0.25, 0.3) is 0 Å². The fourth-order valence-electron chi connectivity index (χ4n) is 3.44. The Kier molecular flexibility index (Phi) is 17.5. The van der Waals surface area contributed by atoms with E-state index in [1.807, 2.05) is 27.9 Å². The van der Waals surface area contributed by atoms with Gasteiger partial charge in [-0.1, -0.05) is 0 Å². The van der Waals surface area contributed by atoms with Crippen molar-refractivity contribution in [1.29, 1.82) is 0 Å². The van der Waals surface area contributed by atoms with Gasteiger partial charge in [-0.25, -0.2) is 0 Å². The molecule has 0 radical (unpaired) electrons. The number of hydrogen-bond donors (Lipinski definition) is 3. The summed E-state index contributed by atoms with van der Waals surface area (Å²) in [7, 11) is 0. The number of rotatable bonds is 15. The number of halogens is 6. The molecule has 0 saturated carbocycles. The molecule has 20 heteroatoms. The zero-order valence-electron chi connectivity index (χ0n) is 24.7. The van der Waals surface area contributed by atoms with Gasteiger partial charge in [-0.15, -0.1) is 0 Å². The van der Waals surface area contributed by atoms with Crippen LogP contribution in [0.1, 0.15) is 38.8 Å². The molecule has 3 amide bonds. The van der Waals surface area contributed by atoms with E-state index in [4.69, 9.17) is 18.9 Å². The third-order valence-corrected chi connectivity index (χ3v) is 9.02. The van der Waals surface area contributed by atoms with Crippen molar-refractivity contribution in [2.75, 3.05) is 31.6 Å².